The molecule has 3 heterocycles. The first-order valence-electron chi connectivity index (χ1n) is 12.6. The highest BCUT2D eigenvalue weighted by molar-refractivity contribution is 5.41. The van der Waals surface area contributed by atoms with E-state index in [4.69, 9.17) is 9.97 Å². The van der Waals surface area contributed by atoms with Gasteiger partial charge in [0.2, 0.25) is 0 Å². The summed E-state index contributed by atoms with van der Waals surface area (Å²) in [5, 5.41) is 0. The van der Waals surface area contributed by atoms with Crippen molar-refractivity contribution in [1.82, 2.24) is 24.4 Å². The van der Waals surface area contributed by atoms with Crippen molar-refractivity contribution in [3.05, 3.63) is 46.0 Å². The van der Waals surface area contributed by atoms with Gasteiger partial charge in [0.25, 0.3) is 0 Å². The molecule has 0 radical (unpaired) electrons. The smallest absolute Gasteiger partial charge is 0.347 e. The van der Waals surface area contributed by atoms with Crippen molar-refractivity contribution >= 4 is 5.82 Å². The van der Waals surface area contributed by atoms with Crippen LogP contribution in [0.2, 0.25) is 0 Å². The molecule has 0 bridgehead atoms. The van der Waals surface area contributed by atoms with Crippen LogP contribution in [0.3, 0.4) is 0 Å². The maximum atomic E-state index is 12.2. The molecule has 0 N–H and O–H groups in total. The molecule has 2 aromatic rings. The average Bonchev–Trinajstić information content (AvgIpc) is 2.77. The number of nitrogens with zero attached hydrogens (tertiary/aromatic N) is 6. The molecular formula is C26H42N6O. The first-order valence-corrected chi connectivity index (χ1v) is 12.6. The van der Waals surface area contributed by atoms with Crippen LogP contribution in [0, 0.1) is 0 Å². The van der Waals surface area contributed by atoms with Crippen LogP contribution in [0.5, 0.6) is 0 Å². The Labute approximate surface area is 199 Å². The van der Waals surface area contributed by atoms with Crippen molar-refractivity contribution in [2.75, 3.05) is 37.6 Å². The second-order valence-corrected chi connectivity index (χ2v) is 10.6. The molecule has 33 heavy (non-hydrogen) atoms. The quantitative estimate of drug-likeness (QED) is 0.534. The molecule has 0 unspecified atom stereocenters. The molecule has 0 spiro atoms. The highest BCUT2D eigenvalue weighted by Gasteiger charge is 2.23. The normalized spacial score (nSPS) is 15.4. The third-order valence-electron chi connectivity index (χ3n) is 6.25. The van der Waals surface area contributed by atoms with Crippen LogP contribution < -0.4 is 10.6 Å². The Morgan fingerprint density at radius 3 is 2.30 bits per heavy atom. The van der Waals surface area contributed by atoms with Crippen LogP contribution in [0.15, 0.2) is 23.1 Å². The van der Waals surface area contributed by atoms with Crippen molar-refractivity contribution < 1.29 is 0 Å². The summed E-state index contributed by atoms with van der Waals surface area (Å²) in [6, 6.07) is 4.15. The van der Waals surface area contributed by atoms with E-state index in [1.807, 2.05) is 12.3 Å². The molecule has 1 saturated heterocycles. The molecule has 7 nitrogen and oxygen atoms in total. The monoisotopic (exact) mass is 454 g/mol. The molecule has 7 heteroatoms. The molecule has 0 atom stereocenters. The van der Waals surface area contributed by atoms with E-state index in [1.165, 1.54) is 0 Å². The summed E-state index contributed by atoms with van der Waals surface area (Å²) >= 11 is 0. The van der Waals surface area contributed by atoms with Crippen LogP contribution in [0.4, 0.5) is 5.82 Å². The van der Waals surface area contributed by atoms with Crippen molar-refractivity contribution in [2.24, 2.45) is 0 Å². The second-order valence-electron chi connectivity index (χ2n) is 10.6. The fourth-order valence-corrected chi connectivity index (χ4v) is 4.12. The van der Waals surface area contributed by atoms with Crippen LogP contribution in [-0.4, -0.2) is 57.1 Å². The van der Waals surface area contributed by atoms with Gasteiger partial charge >= 0.3 is 5.69 Å². The van der Waals surface area contributed by atoms with Gasteiger partial charge in [-0.2, -0.15) is 4.98 Å². The highest BCUT2D eigenvalue weighted by atomic mass is 16.1. The molecule has 1 aliphatic heterocycles. The summed E-state index contributed by atoms with van der Waals surface area (Å²) in [6.45, 7) is 18.7. The number of aryl methyl sites for hydroxylation is 2. The highest BCUT2D eigenvalue weighted by Crippen LogP contribution is 2.23. The number of hydrogen-bond donors (Lipinski definition) is 0. The van der Waals surface area contributed by atoms with E-state index in [1.54, 1.807) is 4.57 Å². The van der Waals surface area contributed by atoms with E-state index >= 15 is 0 Å². The Balaban J connectivity index is 1.48. The largest absolute Gasteiger partial charge is 0.354 e. The maximum absolute atomic E-state index is 12.2. The lowest BCUT2D eigenvalue weighted by atomic mass is 9.95. The minimum absolute atomic E-state index is 0.0487. The van der Waals surface area contributed by atoms with Gasteiger partial charge in [-0.15, -0.1) is 0 Å². The van der Waals surface area contributed by atoms with Gasteiger partial charge in [-0.3, -0.25) is 9.47 Å². The number of unbranched alkanes of at least 4 members (excludes halogenated alkanes) is 1. The second kappa shape index (κ2) is 11.2. The summed E-state index contributed by atoms with van der Waals surface area (Å²) in [5.74, 6) is 2.30. The summed E-state index contributed by atoms with van der Waals surface area (Å²) < 4.78 is 1.74. The average molecular weight is 455 g/mol. The Bertz CT molecular complexity index is 954. The third-order valence-corrected chi connectivity index (χ3v) is 6.25. The topological polar surface area (TPSA) is 67.2 Å². The van der Waals surface area contributed by atoms with E-state index in [0.29, 0.717) is 0 Å². The molecule has 0 aromatic carbocycles. The molecule has 1 fully saturated rings. The SMILES string of the molecule is CCCc1cc(N2CCN(CCCCn3ccc(C(C)C)nc3=O)CC2)nc(C(C)(C)C)n1. The fraction of sp³-hybridized carbons (Fsp3) is 0.692. The summed E-state index contributed by atoms with van der Waals surface area (Å²) in [4.78, 5) is 31.1. The minimum atomic E-state index is -0.128. The van der Waals surface area contributed by atoms with Crippen molar-refractivity contribution in [3.8, 4) is 0 Å². The third kappa shape index (κ3) is 7.10. The summed E-state index contributed by atoms with van der Waals surface area (Å²) in [5.41, 5.74) is 1.85. The molecule has 0 saturated carbocycles. The zero-order valence-electron chi connectivity index (χ0n) is 21.5. The van der Waals surface area contributed by atoms with E-state index in [9.17, 15) is 4.79 Å². The van der Waals surface area contributed by atoms with Gasteiger partial charge < -0.3 is 4.90 Å². The van der Waals surface area contributed by atoms with E-state index < -0.39 is 0 Å². The molecule has 3 rings (SSSR count). The van der Waals surface area contributed by atoms with Crippen LogP contribution in [0.25, 0.3) is 0 Å². The van der Waals surface area contributed by atoms with Crippen LogP contribution >= 0.6 is 0 Å². The Kier molecular flexibility index (Phi) is 8.63. The predicted octanol–water partition coefficient (Wildman–Crippen LogP) is 4.01. The van der Waals surface area contributed by atoms with Gasteiger partial charge in [-0.05, 0) is 37.8 Å². The lowest BCUT2D eigenvalue weighted by Gasteiger charge is -2.36. The van der Waals surface area contributed by atoms with E-state index in [0.717, 1.165) is 88.0 Å². The zero-order valence-corrected chi connectivity index (χ0v) is 21.5. The Morgan fingerprint density at radius 2 is 1.70 bits per heavy atom. The molecule has 182 valence electrons. The van der Waals surface area contributed by atoms with Gasteiger partial charge in [0, 0.05) is 56.1 Å². The van der Waals surface area contributed by atoms with Crippen LogP contribution in [0.1, 0.15) is 83.9 Å². The minimum Gasteiger partial charge on any atom is -0.354 e. The standard InChI is InChI=1S/C26H42N6O/c1-7-10-21-19-23(29-24(27-21)26(4,5)6)31-17-15-30(16-18-31)12-8-9-13-32-14-11-22(20(2)3)28-25(32)33/h11,14,19-20H,7-10,12-13,15-18H2,1-6H3. The molecule has 2 aromatic heterocycles. The van der Waals surface area contributed by atoms with Crippen LogP contribution in [-0.2, 0) is 18.4 Å². The van der Waals surface area contributed by atoms with Gasteiger partial charge in [0.1, 0.15) is 11.6 Å². The van der Waals surface area contributed by atoms with E-state index in [2.05, 4.69) is 62.4 Å². The number of rotatable bonds is 9. The zero-order chi connectivity index (χ0) is 24.0. The lowest BCUT2D eigenvalue weighted by molar-refractivity contribution is 0.250. The first kappa shape index (κ1) is 25.3. The molecule has 0 amide bonds. The molecular weight excluding hydrogens is 412 g/mol. The fourth-order valence-electron chi connectivity index (χ4n) is 4.12. The maximum Gasteiger partial charge on any atom is 0.347 e. The Morgan fingerprint density at radius 1 is 1.00 bits per heavy atom. The number of hydrogen-bond acceptors (Lipinski definition) is 6. The lowest BCUT2D eigenvalue weighted by Crippen LogP contribution is -2.47. The first-order chi connectivity index (χ1) is 15.7. The molecule has 0 aliphatic carbocycles. The van der Waals surface area contributed by atoms with Crippen molar-refractivity contribution in [3.63, 3.8) is 0 Å². The van der Waals surface area contributed by atoms with Gasteiger partial charge in [-0.25, -0.2) is 14.8 Å². The summed E-state index contributed by atoms with van der Waals surface area (Å²) in [6.07, 6.45) is 6.06. The Hall–Kier alpha value is -2.28. The van der Waals surface area contributed by atoms with Crippen molar-refractivity contribution in [1.29, 1.82) is 0 Å². The van der Waals surface area contributed by atoms with Crippen molar-refractivity contribution in [2.45, 2.75) is 85.1 Å². The number of piperazine rings is 1. The van der Waals surface area contributed by atoms with Gasteiger partial charge in [-0.1, -0.05) is 48.0 Å². The predicted molar refractivity (Wildman–Crippen MR) is 135 cm³/mol. The van der Waals surface area contributed by atoms with Gasteiger partial charge in [0.05, 0.1) is 5.69 Å². The van der Waals surface area contributed by atoms with E-state index in [-0.39, 0.29) is 17.0 Å². The summed E-state index contributed by atoms with van der Waals surface area (Å²) in [7, 11) is 0. The number of aromatic nitrogens is 4. The molecule has 1 aliphatic rings. The van der Waals surface area contributed by atoms with Gasteiger partial charge in [0.15, 0.2) is 0 Å². The number of anilines is 1.